The van der Waals surface area contributed by atoms with Crippen molar-refractivity contribution in [2.24, 2.45) is 0 Å². The largest absolute Gasteiger partial charge is 0.345 e. The number of hydrogen-bond acceptors (Lipinski definition) is 2. The highest BCUT2D eigenvalue weighted by Crippen LogP contribution is 2.22. The van der Waals surface area contributed by atoms with Gasteiger partial charge >= 0.3 is 0 Å². The lowest BCUT2D eigenvalue weighted by Gasteiger charge is -2.16. The lowest BCUT2D eigenvalue weighted by atomic mass is 10.1. The molecule has 2 aromatic carbocycles. The number of thioether (sulfide) groups is 1. The molecule has 1 atom stereocenters. The van der Waals surface area contributed by atoms with Crippen molar-refractivity contribution in [1.29, 1.82) is 0 Å². The van der Waals surface area contributed by atoms with Crippen LogP contribution < -0.4 is 5.32 Å². The van der Waals surface area contributed by atoms with Crippen molar-refractivity contribution in [3.05, 3.63) is 65.2 Å². The maximum absolute atomic E-state index is 13.7. The van der Waals surface area contributed by atoms with Gasteiger partial charge in [-0.3, -0.25) is 4.79 Å². The average molecular weight is 307 g/mol. The van der Waals surface area contributed by atoms with Gasteiger partial charge in [-0.05, 0) is 31.4 Å². The lowest BCUT2D eigenvalue weighted by Crippen LogP contribution is -2.27. The first-order chi connectivity index (χ1) is 10.0. The molecule has 0 heterocycles. The van der Waals surface area contributed by atoms with Gasteiger partial charge in [0.2, 0.25) is 0 Å². The zero-order valence-corrected chi connectivity index (χ0v) is 12.5. The molecule has 0 saturated heterocycles. The van der Waals surface area contributed by atoms with E-state index >= 15 is 0 Å². The molecule has 5 heteroatoms. The van der Waals surface area contributed by atoms with Crippen molar-refractivity contribution in [3.8, 4) is 0 Å². The van der Waals surface area contributed by atoms with Crippen LogP contribution in [-0.4, -0.2) is 12.2 Å². The van der Waals surface area contributed by atoms with Crippen molar-refractivity contribution in [1.82, 2.24) is 5.32 Å². The maximum Gasteiger partial charge on any atom is 0.252 e. The number of rotatable bonds is 4. The summed E-state index contributed by atoms with van der Waals surface area (Å²) in [6.45, 7) is 1.66. The van der Waals surface area contributed by atoms with Gasteiger partial charge in [-0.25, -0.2) is 8.78 Å². The molecule has 1 unspecified atom stereocenters. The van der Waals surface area contributed by atoms with Gasteiger partial charge in [-0.1, -0.05) is 18.2 Å². The number of carbonyl (C=O) groups is 1. The molecule has 2 nitrogen and oxygen atoms in total. The van der Waals surface area contributed by atoms with Crippen LogP contribution in [0.25, 0.3) is 0 Å². The molecule has 0 aliphatic rings. The van der Waals surface area contributed by atoms with Crippen LogP contribution in [0, 0.1) is 11.6 Å². The standard InChI is InChI=1S/C16H15F2NOS/c1-10(12-8-7-11(17)9-14(12)18)19-16(20)13-5-3-4-6-15(13)21-2/h3-10H,1-2H3,(H,19,20). The molecular weight excluding hydrogens is 292 g/mol. The van der Waals surface area contributed by atoms with Crippen LogP contribution in [0.1, 0.15) is 28.9 Å². The van der Waals surface area contributed by atoms with Crippen LogP contribution >= 0.6 is 11.8 Å². The Bertz CT molecular complexity index is 660. The molecule has 1 N–H and O–H groups in total. The van der Waals surface area contributed by atoms with Crippen LogP contribution in [0.4, 0.5) is 8.78 Å². The first-order valence-corrected chi connectivity index (χ1v) is 7.64. The smallest absolute Gasteiger partial charge is 0.252 e. The quantitative estimate of drug-likeness (QED) is 0.859. The van der Waals surface area contributed by atoms with Crippen LogP contribution in [-0.2, 0) is 0 Å². The Labute approximate surface area is 126 Å². The van der Waals surface area contributed by atoms with E-state index in [9.17, 15) is 13.6 Å². The first kappa shape index (κ1) is 15.5. The van der Waals surface area contributed by atoms with Gasteiger partial charge in [-0.2, -0.15) is 0 Å². The van der Waals surface area contributed by atoms with Gasteiger partial charge in [0.1, 0.15) is 11.6 Å². The SMILES string of the molecule is CSc1ccccc1C(=O)NC(C)c1ccc(F)cc1F. The first-order valence-electron chi connectivity index (χ1n) is 6.41. The van der Waals surface area contributed by atoms with E-state index in [4.69, 9.17) is 0 Å². The number of amides is 1. The second kappa shape index (κ2) is 6.72. The lowest BCUT2D eigenvalue weighted by molar-refractivity contribution is 0.0936. The topological polar surface area (TPSA) is 29.1 Å². The summed E-state index contributed by atoms with van der Waals surface area (Å²) >= 11 is 1.47. The third kappa shape index (κ3) is 3.61. The third-order valence-electron chi connectivity index (χ3n) is 3.13. The van der Waals surface area contributed by atoms with Crippen LogP contribution in [0.15, 0.2) is 47.4 Å². The summed E-state index contributed by atoms with van der Waals surface area (Å²) in [5.41, 5.74) is 0.797. The highest BCUT2D eigenvalue weighted by molar-refractivity contribution is 7.98. The Balaban J connectivity index is 2.19. The predicted octanol–water partition coefficient (Wildman–Crippen LogP) is 4.18. The van der Waals surface area contributed by atoms with E-state index in [1.54, 1.807) is 19.1 Å². The minimum atomic E-state index is -0.666. The van der Waals surface area contributed by atoms with E-state index in [0.29, 0.717) is 5.56 Å². The van der Waals surface area contributed by atoms with Crippen molar-refractivity contribution >= 4 is 17.7 Å². The van der Waals surface area contributed by atoms with Crippen molar-refractivity contribution < 1.29 is 13.6 Å². The highest BCUT2D eigenvalue weighted by Gasteiger charge is 2.17. The molecule has 0 fully saturated rings. The minimum Gasteiger partial charge on any atom is -0.345 e. The molecular formula is C16H15F2NOS. The fourth-order valence-electron chi connectivity index (χ4n) is 2.04. The molecule has 0 aliphatic carbocycles. The summed E-state index contributed by atoms with van der Waals surface area (Å²) in [4.78, 5) is 13.1. The number of carbonyl (C=O) groups excluding carboxylic acids is 1. The summed E-state index contributed by atoms with van der Waals surface area (Å²) < 4.78 is 26.6. The number of hydrogen-bond donors (Lipinski definition) is 1. The predicted molar refractivity (Wildman–Crippen MR) is 80.5 cm³/mol. The van der Waals surface area contributed by atoms with Gasteiger partial charge < -0.3 is 5.32 Å². The van der Waals surface area contributed by atoms with Gasteiger partial charge in [0.05, 0.1) is 11.6 Å². The Kier molecular flexibility index (Phi) is 4.96. The minimum absolute atomic E-state index is 0.256. The summed E-state index contributed by atoms with van der Waals surface area (Å²) in [6.07, 6.45) is 1.88. The fraction of sp³-hybridized carbons (Fsp3) is 0.188. The molecule has 0 spiro atoms. The second-order valence-electron chi connectivity index (χ2n) is 4.56. The fourth-order valence-corrected chi connectivity index (χ4v) is 2.63. The molecule has 1 amide bonds. The number of nitrogens with one attached hydrogen (secondary N) is 1. The molecule has 0 aliphatic heterocycles. The zero-order valence-electron chi connectivity index (χ0n) is 11.7. The summed E-state index contributed by atoms with van der Waals surface area (Å²) in [5.74, 6) is -1.58. The average Bonchev–Trinajstić information content (AvgIpc) is 2.46. The molecule has 2 aromatic rings. The Hall–Kier alpha value is -1.88. The van der Waals surface area contributed by atoms with E-state index in [0.717, 1.165) is 11.0 Å². The van der Waals surface area contributed by atoms with Crippen LogP contribution in [0.3, 0.4) is 0 Å². The van der Waals surface area contributed by atoms with Crippen molar-refractivity contribution in [2.45, 2.75) is 17.9 Å². The monoisotopic (exact) mass is 307 g/mol. The van der Waals surface area contributed by atoms with E-state index < -0.39 is 17.7 Å². The molecule has 0 bridgehead atoms. The van der Waals surface area contributed by atoms with E-state index in [-0.39, 0.29) is 11.5 Å². The van der Waals surface area contributed by atoms with Crippen molar-refractivity contribution in [2.75, 3.05) is 6.26 Å². The molecule has 0 saturated carbocycles. The molecule has 110 valence electrons. The molecule has 21 heavy (non-hydrogen) atoms. The molecule has 0 aromatic heterocycles. The van der Waals surface area contributed by atoms with Gasteiger partial charge in [0.25, 0.3) is 5.91 Å². The summed E-state index contributed by atoms with van der Waals surface area (Å²) in [5, 5.41) is 2.73. The number of halogens is 2. The Morgan fingerprint density at radius 1 is 1.19 bits per heavy atom. The molecule has 0 radical (unpaired) electrons. The van der Waals surface area contributed by atoms with E-state index in [2.05, 4.69) is 5.32 Å². The van der Waals surface area contributed by atoms with E-state index in [1.165, 1.54) is 23.9 Å². The third-order valence-corrected chi connectivity index (χ3v) is 3.92. The van der Waals surface area contributed by atoms with Crippen LogP contribution in [0.2, 0.25) is 0 Å². The normalized spacial score (nSPS) is 12.0. The highest BCUT2D eigenvalue weighted by atomic mass is 32.2. The van der Waals surface area contributed by atoms with Crippen molar-refractivity contribution in [3.63, 3.8) is 0 Å². The van der Waals surface area contributed by atoms with Gasteiger partial charge in [0.15, 0.2) is 0 Å². The summed E-state index contributed by atoms with van der Waals surface area (Å²) in [6, 6.07) is 9.98. The Morgan fingerprint density at radius 3 is 2.57 bits per heavy atom. The zero-order chi connectivity index (χ0) is 15.4. The second-order valence-corrected chi connectivity index (χ2v) is 5.41. The van der Waals surface area contributed by atoms with Gasteiger partial charge in [0, 0.05) is 16.5 Å². The van der Waals surface area contributed by atoms with Gasteiger partial charge in [-0.15, -0.1) is 11.8 Å². The maximum atomic E-state index is 13.7. The van der Waals surface area contributed by atoms with Crippen LogP contribution in [0.5, 0.6) is 0 Å². The summed E-state index contributed by atoms with van der Waals surface area (Å²) in [7, 11) is 0. The van der Waals surface area contributed by atoms with E-state index in [1.807, 2.05) is 18.4 Å². The molecule has 2 rings (SSSR count). The Morgan fingerprint density at radius 2 is 1.90 bits per heavy atom. The number of benzene rings is 2.